The maximum absolute atomic E-state index is 12.1. The van der Waals surface area contributed by atoms with Crippen LogP contribution < -0.4 is 10.6 Å². The summed E-state index contributed by atoms with van der Waals surface area (Å²) in [5.41, 5.74) is 2.20. The molecular weight excluding hydrogens is 322 g/mol. The normalized spacial score (nSPS) is 13.6. The van der Waals surface area contributed by atoms with Crippen LogP contribution in [0, 0.1) is 6.92 Å². The van der Waals surface area contributed by atoms with Crippen LogP contribution in [-0.2, 0) is 7.05 Å². The third-order valence-electron chi connectivity index (χ3n) is 3.95. The number of aliphatic hydroxyl groups is 1. The molecular formula is C17H21N5O3. The maximum atomic E-state index is 12.1. The van der Waals surface area contributed by atoms with E-state index in [2.05, 4.69) is 20.7 Å². The lowest BCUT2D eigenvalue weighted by Gasteiger charge is -2.17. The molecule has 2 amide bonds. The summed E-state index contributed by atoms with van der Waals surface area (Å²) in [6.07, 6.45) is 2.68. The summed E-state index contributed by atoms with van der Waals surface area (Å²) in [6.45, 7) is 3.71. The van der Waals surface area contributed by atoms with E-state index in [0.717, 1.165) is 16.7 Å². The van der Waals surface area contributed by atoms with Crippen LogP contribution in [0.5, 0.6) is 0 Å². The zero-order chi connectivity index (χ0) is 18.0. The number of nitrogens with one attached hydrogen (secondary N) is 2. The third-order valence-corrected chi connectivity index (χ3v) is 3.95. The summed E-state index contributed by atoms with van der Waals surface area (Å²) in [5.74, 6) is 0.482. The molecule has 0 bridgehead atoms. The summed E-state index contributed by atoms with van der Waals surface area (Å²) in [5, 5.41) is 20.8. The molecule has 0 radical (unpaired) electrons. The number of hydrogen-bond acceptors (Lipinski definition) is 5. The summed E-state index contributed by atoms with van der Waals surface area (Å²) in [7, 11) is 1.83. The van der Waals surface area contributed by atoms with Crippen molar-refractivity contribution in [1.82, 2.24) is 20.1 Å². The highest BCUT2D eigenvalue weighted by Gasteiger charge is 2.16. The average molecular weight is 343 g/mol. The number of carbonyl (C=O) groups excluding carboxylic acids is 1. The number of anilines is 1. The minimum atomic E-state index is -0.763. The van der Waals surface area contributed by atoms with E-state index in [1.54, 1.807) is 23.0 Å². The van der Waals surface area contributed by atoms with E-state index < -0.39 is 6.10 Å². The number of aromatic nitrogens is 3. The van der Waals surface area contributed by atoms with Gasteiger partial charge in [-0.05, 0) is 32.0 Å². The van der Waals surface area contributed by atoms with Gasteiger partial charge in [-0.15, -0.1) is 0 Å². The van der Waals surface area contributed by atoms with Crippen LogP contribution in [0.1, 0.15) is 30.9 Å². The molecule has 0 saturated heterocycles. The molecule has 2 atom stereocenters. The molecule has 132 valence electrons. The smallest absolute Gasteiger partial charge is 0.319 e. The molecule has 0 aliphatic carbocycles. The molecule has 8 nitrogen and oxygen atoms in total. The first-order chi connectivity index (χ1) is 11.9. The second-order valence-corrected chi connectivity index (χ2v) is 6.07. The number of nitrogens with zero attached hydrogens (tertiary/aromatic N) is 3. The van der Waals surface area contributed by atoms with Crippen LogP contribution in [0.3, 0.4) is 0 Å². The Balaban J connectivity index is 1.59. The van der Waals surface area contributed by atoms with Crippen molar-refractivity contribution in [3.63, 3.8) is 0 Å². The predicted octanol–water partition coefficient (Wildman–Crippen LogP) is 2.50. The lowest BCUT2D eigenvalue weighted by Crippen LogP contribution is -2.37. The Hall–Kier alpha value is -2.87. The molecule has 3 aromatic heterocycles. The highest BCUT2D eigenvalue weighted by Crippen LogP contribution is 2.20. The molecule has 3 aromatic rings. The van der Waals surface area contributed by atoms with Crippen molar-refractivity contribution < 1.29 is 14.3 Å². The Bertz CT molecular complexity index is 872. The number of amides is 2. The topological polar surface area (TPSA) is 105 Å². The number of pyridine rings is 1. The van der Waals surface area contributed by atoms with Crippen LogP contribution in [0.2, 0.25) is 0 Å². The Morgan fingerprint density at radius 1 is 1.48 bits per heavy atom. The van der Waals surface area contributed by atoms with Gasteiger partial charge in [0.1, 0.15) is 11.9 Å². The second kappa shape index (κ2) is 6.94. The molecule has 3 N–H and O–H groups in total. The lowest BCUT2D eigenvalue weighted by atomic mass is 10.1. The van der Waals surface area contributed by atoms with E-state index in [4.69, 9.17) is 4.42 Å². The number of aryl methyl sites for hydroxylation is 2. The standard InChI is InChI=1S/C17H21N5O3/c1-10(7-14(23)15-5-4-6-25-15)19-17(24)20-12-8-13-11(2)21-22(3)16(13)18-9-12/h4-6,8-10,14,23H,7H2,1-3H3,(H2,19,20,24)/t10-,14-/m1/s1. The fourth-order valence-electron chi connectivity index (χ4n) is 2.76. The van der Waals surface area contributed by atoms with E-state index in [9.17, 15) is 9.90 Å². The largest absolute Gasteiger partial charge is 0.467 e. The fraction of sp³-hybridized carbons (Fsp3) is 0.353. The van der Waals surface area contributed by atoms with Gasteiger partial charge in [-0.1, -0.05) is 0 Å². The summed E-state index contributed by atoms with van der Waals surface area (Å²) >= 11 is 0. The zero-order valence-corrected chi connectivity index (χ0v) is 14.4. The van der Waals surface area contributed by atoms with Crippen LogP contribution in [0.4, 0.5) is 10.5 Å². The molecule has 3 rings (SSSR count). The first kappa shape index (κ1) is 17.0. The Labute approximate surface area is 144 Å². The van der Waals surface area contributed by atoms with Gasteiger partial charge in [-0.25, -0.2) is 9.78 Å². The second-order valence-electron chi connectivity index (χ2n) is 6.07. The SMILES string of the molecule is Cc1nn(C)c2ncc(NC(=O)N[C@H](C)C[C@@H](O)c3ccco3)cc12. The average Bonchev–Trinajstić information content (AvgIpc) is 3.16. The van der Waals surface area contributed by atoms with Gasteiger partial charge >= 0.3 is 6.03 Å². The van der Waals surface area contributed by atoms with Gasteiger partial charge in [0.2, 0.25) is 0 Å². The maximum Gasteiger partial charge on any atom is 0.319 e. The lowest BCUT2D eigenvalue weighted by molar-refractivity contribution is 0.130. The number of urea groups is 1. The van der Waals surface area contributed by atoms with E-state index in [0.29, 0.717) is 17.9 Å². The van der Waals surface area contributed by atoms with Gasteiger partial charge in [0, 0.05) is 24.9 Å². The van der Waals surface area contributed by atoms with Crippen molar-refractivity contribution in [2.75, 3.05) is 5.32 Å². The van der Waals surface area contributed by atoms with Gasteiger partial charge in [0.05, 0.1) is 23.8 Å². The fourth-order valence-corrected chi connectivity index (χ4v) is 2.76. The number of aliphatic hydroxyl groups excluding tert-OH is 1. The molecule has 0 fully saturated rings. The predicted molar refractivity (Wildman–Crippen MR) is 93.1 cm³/mol. The molecule has 3 heterocycles. The van der Waals surface area contributed by atoms with Gasteiger partial charge in [0.25, 0.3) is 0 Å². The Morgan fingerprint density at radius 3 is 3.00 bits per heavy atom. The van der Waals surface area contributed by atoms with Crippen LogP contribution >= 0.6 is 0 Å². The van der Waals surface area contributed by atoms with Crippen molar-refractivity contribution >= 4 is 22.8 Å². The Kier molecular flexibility index (Phi) is 4.71. The van der Waals surface area contributed by atoms with Gasteiger partial charge in [-0.3, -0.25) is 4.68 Å². The zero-order valence-electron chi connectivity index (χ0n) is 14.4. The van der Waals surface area contributed by atoms with Gasteiger partial charge in [-0.2, -0.15) is 5.10 Å². The molecule has 0 saturated carbocycles. The van der Waals surface area contributed by atoms with E-state index in [-0.39, 0.29) is 12.1 Å². The highest BCUT2D eigenvalue weighted by molar-refractivity contribution is 5.92. The van der Waals surface area contributed by atoms with E-state index in [1.807, 2.05) is 27.0 Å². The molecule has 0 aromatic carbocycles. The number of hydrogen-bond donors (Lipinski definition) is 3. The van der Waals surface area contributed by atoms with Crippen molar-refractivity contribution in [2.45, 2.75) is 32.4 Å². The van der Waals surface area contributed by atoms with Gasteiger partial charge < -0.3 is 20.2 Å². The summed E-state index contributed by atoms with van der Waals surface area (Å²) in [6, 6.07) is 4.66. The molecule has 0 spiro atoms. The van der Waals surface area contributed by atoms with Crippen LogP contribution in [0.15, 0.2) is 35.1 Å². The number of rotatable bonds is 5. The van der Waals surface area contributed by atoms with Crippen molar-refractivity contribution in [2.24, 2.45) is 7.05 Å². The minimum absolute atomic E-state index is 0.239. The number of furan rings is 1. The summed E-state index contributed by atoms with van der Waals surface area (Å²) in [4.78, 5) is 16.5. The quantitative estimate of drug-likeness (QED) is 0.660. The van der Waals surface area contributed by atoms with E-state index >= 15 is 0 Å². The van der Waals surface area contributed by atoms with Crippen LogP contribution in [0.25, 0.3) is 11.0 Å². The third kappa shape index (κ3) is 3.80. The molecule has 8 heteroatoms. The van der Waals surface area contributed by atoms with Crippen LogP contribution in [-0.4, -0.2) is 31.9 Å². The number of carbonyl (C=O) groups is 1. The molecule has 0 unspecified atom stereocenters. The van der Waals surface area contributed by atoms with Gasteiger partial charge in [0.15, 0.2) is 5.65 Å². The van der Waals surface area contributed by atoms with E-state index in [1.165, 1.54) is 6.26 Å². The monoisotopic (exact) mass is 343 g/mol. The Morgan fingerprint density at radius 2 is 2.28 bits per heavy atom. The first-order valence-electron chi connectivity index (χ1n) is 8.02. The summed E-state index contributed by atoms with van der Waals surface area (Å²) < 4.78 is 6.86. The number of fused-ring (bicyclic) bond motifs is 1. The minimum Gasteiger partial charge on any atom is -0.467 e. The molecule has 0 aliphatic heterocycles. The first-order valence-corrected chi connectivity index (χ1v) is 8.02. The molecule has 25 heavy (non-hydrogen) atoms. The highest BCUT2D eigenvalue weighted by atomic mass is 16.4. The van der Waals surface area contributed by atoms with Crippen molar-refractivity contribution in [3.05, 3.63) is 42.1 Å². The molecule has 0 aliphatic rings. The van der Waals surface area contributed by atoms with Crippen molar-refractivity contribution in [3.8, 4) is 0 Å². The van der Waals surface area contributed by atoms with Crippen molar-refractivity contribution in [1.29, 1.82) is 0 Å².